The number of hydrogen-bond acceptors (Lipinski definition) is 2. The van der Waals surface area contributed by atoms with Crippen molar-refractivity contribution in [3.8, 4) is 0 Å². The molecule has 2 aromatic rings. The van der Waals surface area contributed by atoms with E-state index in [1.165, 1.54) is 9.71 Å². The predicted molar refractivity (Wildman–Crippen MR) is 91.4 cm³/mol. The quantitative estimate of drug-likeness (QED) is 0.731. The Bertz CT molecular complexity index is 722. The van der Waals surface area contributed by atoms with E-state index in [4.69, 9.17) is 0 Å². The van der Waals surface area contributed by atoms with Crippen LogP contribution in [0.4, 0.5) is 0 Å². The van der Waals surface area contributed by atoms with Crippen LogP contribution < -0.4 is 0 Å². The van der Waals surface area contributed by atoms with Crippen molar-refractivity contribution in [3.63, 3.8) is 0 Å². The van der Waals surface area contributed by atoms with E-state index >= 15 is 0 Å². The van der Waals surface area contributed by atoms with Crippen molar-refractivity contribution >= 4 is 16.1 Å². The van der Waals surface area contributed by atoms with Gasteiger partial charge in [-0.3, -0.25) is 0 Å². The molecule has 0 saturated carbocycles. The number of sulfonamides is 1. The summed E-state index contributed by atoms with van der Waals surface area (Å²) < 4.78 is 26.4. The van der Waals surface area contributed by atoms with Crippen molar-refractivity contribution in [1.29, 1.82) is 0 Å². The van der Waals surface area contributed by atoms with Crippen LogP contribution in [0.2, 0.25) is 0 Å². The summed E-state index contributed by atoms with van der Waals surface area (Å²) in [6, 6.07) is 18.9. The molecule has 0 spiro atoms. The summed E-state index contributed by atoms with van der Waals surface area (Å²) in [5.74, 6) is 0. The van der Waals surface area contributed by atoms with Gasteiger partial charge < -0.3 is 0 Å². The molecule has 0 N–H and O–H groups in total. The highest BCUT2D eigenvalue weighted by molar-refractivity contribution is 7.92. The molecule has 0 amide bonds. The maximum absolute atomic E-state index is 12.5. The van der Waals surface area contributed by atoms with E-state index in [1.54, 1.807) is 12.2 Å². The van der Waals surface area contributed by atoms with E-state index in [0.29, 0.717) is 6.54 Å². The molecule has 0 aliphatic carbocycles. The molecule has 0 unspecified atom stereocenters. The summed E-state index contributed by atoms with van der Waals surface area (Å²) in [4.78, 5) is 0. The highest BCUT2D eigenvalue weighted by Crippen LogP contribution is 2.12. The van der Waals surface area contributed by atoms with E-state index in [-0.39, 0.29) is 6.54 Å². The Morgan fingerprint density at radius 2 is 1.55 bits per heavy atom. The van der Waals surface area contributed by atoms with E-state index in [1.807, 2.05) is 60.7 Å². The van der Waals surface area contributed by atoms with Gasteiger partial charge in [-0.15, -0.1) is 6.58 Å². The molecule has 0 atom stereocenters. The minimum Gasteiger partial charge on any atom is -0.207 e. The van der Waals surface area contributed by atoms with Crippen molar-refractivity contribution in [2.75, 3.05) is 6.54 Å². The maximum atomic E-state index is 12.5. The van der Waals surface area contributed by atoms with Gasteiger partial charge in [-0.05, 0) is 17.2 Å². The zero-order valence-electron chi connectivity index (χ0n) is 12.3. The summed E-state index contributed by atoms with van der Waals surface area (Å²) in [6.07, 6.45) is 3.20. The van der Waals surface area contributed by atoms with Gasteiger partial charge >= 0.3 is 0 Å². The van der Waals surface area contributed by atoms with Crippen LogP contribution in [0, 0.1) is 0 Å². The molecular formula is C18H19NO2S. The van der Waals surface area contributed by atoms with Gasteiger partial charge in [0.05, 0.1) is 0 Å². The first-order valence-corrected chi connectivity index (χ1v) is 8.50. The smallest absolute Gasteiger partial charge is 0.207 e. The van der Waals surface area contributed by atoms with Gasteiger partial charge in [-0.25, -0.2) is 8.42 Å². The first kappa shape index (κ1) is 16.2. The van der Waals surface area contributed by atoms with Gasteiger partial charge in [-0.1, -0.05) is 66.7 Å². The predicted octanol–water partition coefficient (Wildman–Crippen LogP) is 3.68. The van der Waals surface area contributed by atoms with E-state index < -0.39 is 10.0 Å². The summed E-state index contributed by atoms with van der Waals surface area (Å²) in [5, 5.41) is 1.24. The normalized spacial score (nSPS) is 11.9. The molecule has 0 saturated heterocycles. The summed E-state index contributed by atoms with van der Waals surface area (Å²) in [5.41, 5.74) is 1.80. The number of benzene rings is 2. The SMILES string of the molecule is C=CCN(Cc1ccccc1)S(=O)(=O)/C=C/c1ccccc1. The summed E-state index contributed by atoms with van der Waals surface area (Å²) in [6.45, 7) is 4.25. The third-order valence-corrected chi connectivity index (χ3v) is 4.60. The van der Waals surface area contributed by atoms with E-state index in [0.717, 1.165) is 11.1 Å². The van der Waals surface area contributed by atoms with Gasteiger partial charge in [0.15, 0.2) is 0 Å². The molecule has 2 aromatic carbocycles. The monoisotopic (exact) mass is 313 g/mol. The first-order valence-electron chi connectivity index (χ1n) is 7.00. The van der Waals surface area contributed by atoms with Crippen LogP contribution in [0.15, 0.2) is 78.7 Å². The highest BCUT2D eigenvalue weighted by Gasteiger charge is 2.17. The molecule has 0 aromatic heterocycles. The fourth-order valence-corrected chi connectivity index (χ4v) is 3.15. The molecule has 0 aliphatic heterocycles. The van der Waals surface area contributed by atoms with Crippen LogP contribution in [-0.4, -0.2) is 19.3 Å². The minimum absolute atomic E-state index is 0.274. The Morgan fingerprint density at radius 3 is 2.14 bits per heavy atom. The van der Waals surface area contributed by atoms with Crippen LogP contribution in [0.1, 0.15) is 11.1 Å². The third-order valence-electron chi connectivity index (χ3n) is 3.13. The minimum atomic E-state index is -3.50. The van der Waals surface area contributed by atoms with Crippen LogP contribution >= 0.6 is 0 Å². The lowest BCUT2D eigenvalue weighted by atomic mass is 10.2. The molecule has 0 bridgehead atoms. The molecule has 22 heavy (non-hydrogen) atoms. The largest absolute Gasteiger partial charge is 0.236 e. The van der Waals surface area contributed by atoms with Crippen molar-refractivity contribution in [1.82, 2.24) is 4.31 Å². The maximum Gasteiger partial charge on any atom is 0.236 e. The molecule has 2 rings (SSSR count). The standard InChI is InChI=1S/C18H19NO2S/c1-2-14-19(16-18-11-7-4-8-12-18)22(20,21)15-13-17-9-5-3-6-10-17/h2-13,15H,1,14,16H2/b15-13+. The second-order valence-corrected chi connectivity index (χ2v) is 6.64. The number of rotatable bonds is 7. The highest BCUT2D eigenvalue weighted by atomic mass is 32.2. The third kappa shape index (κ3) is 4.69. The van der Waals surface area contributed by atoms with Crippen molar-refractivity contribution in [3.05, 3.63) is 89.9 Å². The molecule has 4 heteroatoms. The Kier molecular flexibility index (Phi) is 5.69. The second kappa shape index (κ2) is 7.73. The van der Waals surface area contributed by atoms with Crippen LogP contribution in [0.25, 0.3) is 6.08 Å². The van der Waals surface area contributed by atoms with E-state index in [9.17, 15) is 8.42 Å². The molecule has 114 valence electrons. The summed E-state index contributed by atoms with van der Waals surface area (Å²) in [7, 11) is -3.50. The molecule has 0 heterocycles. The first-order chi connectivity index (χ1) is 10.6. The van der Waals surface area contributed by atoms with Crippen molar-refractivity contribution in [2.45, 2.75) is 6.54 Å². The Morgan fingerprint density at radius 1 is 0.955 bits per heavy atom. The molecule has 0 aliphatic rings. The lowest BCUT2D eigenvalue weighted by Crippen LogP contribution is -2.29. The summed E-state index contributed by atoms with van der Waals surface area (Å²) >= 11 is 0. The van der Waals surface area contributed by atoms with Gasteiger partial charge in [0, 0.05) is 18.5 Å². The van der Waals surface area contributed by atoms with Crippen LogP contribution in [0.5, 0.6) is 0 Å². The van der Waals surface area contributed by atoms with Crippen molar-refractivity contribution in [2.24, 2.45) is 0 Å². The van der Waals surface area contributed by atoms with Gasteiger partial charge in [-0.2, -0.15) is 4.31 Å². The number of nitrogens with zero attached hydrogens (tertiary/aromatic N) is 1. The zero-order chi connectivity index (χ0) is 15.8. The second-order valence-electron chi connectivity index (χ2n) is 4.83. The number of hydrogen-bond donors (Lipinski definition) is 0. The lowest BCUT2D eigenvalue weighted by Gasteiger charge is -2.18. The fraction of sp³-hybridized carbons (Fsp3) is 0.111. The fourth-order valence-electron chi connectivity index (χ4n) is 2.00. The topological polar surface area (TPSA) is 37.4 Å². The van der Waals surface area contributed by atoms with Gasteiger partial charge in [0.1, 0.15) is 0 Å². The Labute approximate surface area is 132 Å². The lowest BCUT2D eigenvalue weighted by molar-refractivity contribution is 0.446. The average Bonchev–Trinajstić information content (AvgIpc) is 2.55. The van der Waals surface area contributed by atoms with Crippen LogP contribution in [-0.2, 0) is 16.6 Å². The Hall–Kier alpha value is -2.17. The van der Waals surface area contributed by atoms with Crippen molar-refractivity contribution < 1.29 is 8.42 Å². The molecule has 3 nitrogen and oxygen atoms in total. The average molecular weight is 313 g/mol. The van der Waals surface area contributed by atoms with Gasteiger partial charge in [0.2, 0.25) is 10.0 Å². The van der Waals surface area contributed by atoms with Crippen LogP contribution in [0.3, 0.4) is 0 Å². The molecular weight excluding hydrogens is 294 g/mol. The van der Waals surface area contributed by atoms with E-state index in [2.05, 4.69) is 6.58 Å². The zero-order valence-corrected chi connectivity index (χ0v) is 13.1. The van der Waals surface area contributed by atoms with Gasteiger partial charge in [0.25, 0.3) is 0 Å². The molecule has 0 radical (unpaired) electrons. The Balaban J connectivity index is 2.19. The molecule has 0 fully saturated rings.